The highest BCUT2D eigenvalue weighted by Crippen LogP contribution is 2.30. The average molecular weight is 296 g/mol. The molecule has 0 saturated heterocycles. The summed E-state index contributed by atoms with van der Waals surface area (Å²) in [5.41, 5.74) is 1.47. The summed E-state index contributed by atoms with van der Waals surface area (Å²) in [7, 11) is 3.17. The Balaban J connectivity index is 2.16. The number of rotatable bonds is 5. The lowest BCUT2D eigenvalue weighted by atomic mass is 10.2. The molecule has 0 fully saturated rings. The van der Waals surface area contributed by atoms with Crippen LogP contribution >= 0.6 is 11.6 Å². The maximum absolute atomic E-state index is 13.3. The van der Waals surface area contributed by atoms with Gasteiger partial charge in [-0.15, -0.1) is 0 Å². The molecule has 1 N–H and O–H groups in total. The van der Waals surface area contributed by atoms with E-state index in [-0.39, 0.29) is 5.02 Å². The van der Waals surface area contributed by atoms with E-state index in [1.165, 1.54) is 6.07 Å². The first-order valence-corrected chi connectivity index (χ1v) is 6.42. The fourth-order valence-electron chi connectivity index (χ4n) is 1.82. The van der Waals surface area contributed by atoms with Gasteiger partial charge in [0.2, 0.25) is 0 Å². The van der Waals surface area contributed by atoms with Crippen molar-refractivity contribution in [3.05, 3.63) is 52.8 Å². The Morgan fingerprint density at radius 2 is 1.95 bits per heavy atom. The first kappa shape index (κ1) is 14.5. The number of benzene rings is 2. The molecule has 0 heterocycles. The lowest BCUT2D eigenvalue weighted by Crippen LogP contribution is -2.02. The highest BCUT2D eigenvalue weighted by atomic mass is 35.5. The Kier molecular flexibility index (Phi) is 4.69. The third-order valence-electron chi connectivity index (χ3n) is 2.91. The molecule has 0 saturated carbocycles. The van der Waals surface area contributed by atoms with E-state index in [1.54, 1.807) is 32.4 Å². The van der Waals surface area contributed by atoms with Crippen molar-refractivity contribution in [1.29, 1.82) is 0 Å². The number of hydrogen-bond donors (Lipinski definition) is 1. The molecule has 0 spiro atoms. The number of halogens is 2. The molecule has 2 aromatic rings. The fraction of sp³-hybridized carbons (Fsp3) is 0.200. The molecule has 0 amide bonds. The second kappa shape index (κ2) is 6.48. The van der Waals surface area contributed by atoms with Crippen LogP contribution in [0, 0.1) is 5.82 Å². The van der Waals surface area contributed by atoms with Crippen molar-refractivity contribution in [1.82, 2.24) is 0 Å². The van der Waals surface area contributed by atoms with Gasteiger partial charge < -0.3 is 14.8 Å². The summed E-state index contributed by atoms with van der Waals surface area (Å²) in [6.45, 7) is 0.402. The molecule has 20 heavy (non-hydrogen) atoms. The topological polar surface area (TPSA) is 30.5 Å². The summed E-state index contributed by atoms with van der Waals surface area (Å²) in [5, 5.41) is 3.30. The number of anilines is 1. The van der Waals surface area contributed by atoms with E-state index in [9.17, 15) is 4.39 Å². The third-order valence-corrected chi connectivity index (χ3v) is 3.33. The minimum absolute atomic E-state index is 0.132. The standard InChI is InChI=1S/C15H15ClFNO2/c1-19-11-6-7-13(14(8-11)20-2)18-9-10-4-3-5-12(17)15(10)16/h3-8,18H,9H2,1-2H3. The molecular formula is C15H15ClFNO2. The van der Waals surface area contributed by atoms with Gasteiger partial charge in [0.1, 0.15) is 17.3 Å². The van der Waals surface area contributed by atoms with Crippen LogP contribution in [0.2, 0.25) is 5.02 Å². The summed E-state index contributed by atoms with van der Waals surface area (Å²) >= 11 is 5.91. The second-order valence-electron chi connectivity index (χ2n) is 4.13. The van der Waals surface area contributed by atoms with Crippen molar-refractivity contribution in [2.75, 3.05) is 19.5 Å². The SMILES string of the molecule is COc1ccc(NCc2cccc(F)c2Cl)c(OC)c1. The zero-order valence-corrected chi connectivity index (χ0v) is 12.0. The summed E-state index contributed by atoms with van der Waals surface area (Å²) in [6.07, 6.45) is 0. The minimum atomic E-state index is -0.423. The molecule has 0 radical (unpaired) electrons. The van der Waals surface area contributed by atoms with E-state index < -0.39 is 5.82 Å². The quantitative estimate of drug-likeness (QED) is 0.900. The van der Waals surface area contributed by atoms with Crippen LogP contribution in [0.3, 0.4) is 0 Å². The average Bonchev–Trinajstić information content (AvgIpc) is 2.48. The highest BCUT2D eigenvalue weighted by Gasteiger charge is 2.08. The van der Waals surface area contributed by atoms with Gasteiger partial charge in [-0.2, -0.15) is 0 Å². The molecule has 0 bridgehead atoms. The van der Waals surface area contributed by atoms with Gasteiger partial charge in [0.05, 0.1) is 24.9 Å². The molecule has 0 atom stereocenters. The van der Waals surface area contributed by atoms with Gasteiger partial charge in [0.25, 0.3) is 0 Å². The van der Waals surface area contributed by atoms with Gasteiger partial charge in [-0.3, -0.25) is 0 Å². The van der Waals surface area contributed by atoms with Crippen LogP contribution in [0.1, 0.15) is 5.56 Å². The predicted octanol–water partition coefficient (Wildman–Crippen LogP) is 4.11. The lowest BCUT2D eigenvalue weighted by molar-refractivity contribution is 0.395. The van der Waals surface area contributed by atoms with Crippen LogP contribution in [-0.4, -0.2) is 14.2 Å². The van der Waals surface area contributed by atoms with E-state index >= 15 is 0 Å². The molecule has 3 nitrogen and oxygen atoms in total. The Morgan fingerprint density at radius 3 is 2.65 bits per heavy atom. The first-order chi connectivity index (χ1) is 9.65. The fourth-order valence-corrected chi connectivity index (χ4v) is 2.01. The van der Waals surface area contributed by atoms with Gasteiger partial charge in [-0.05, 0) is 23.8 Å². The number of ether oxygens (including phenoxy) is 2. The van der Waals surface area contributed by atoms with Crippen molar-refractivity contribution in [3.63, 3.8) is 0 Å². The number of methoxy groups -OCH3 is 2. The van der Waals surface area contributed by atoms with Crippen LogP contribution in [0.15, 0.2) is 36.4 Å². The molecule has 0 aromatic heterocycles. The number of hydrogen-bond acceptors (Lipinski definition) is 3. The van der Waals surface area contributed by atoms with Crippen molar-refractivity contribution < 1.29 is 13.9 Å². The van der Waals surface area contributed by atoms with Crippen LogP contribution in [0.4, 0.5) is 10.1 Å². The molecule has 0 unspecified atom stereocenters. The normalized spacial score (nSPS) is 10.2. The summed E-state index contributed by atoms with van der Waals surface area (Å²) in [5.74, 6) is 0.931. The zero-order valence-electron chi connectivity index (χ0n) is 11.2. The maximum atomic E-state index is 13.3. The third kappa shape index (κ3) is 3.14. The van der Waals surface area contributed by atoms with Gasteiger partial charge in [-0.25, -0.2) is 4.39 Å². The van der Waals surface area contributed by atoms with E-state index in [0.29, 0.717) is 23.6 Å². The van der Waals surface area contributed by atoms with Crippen molar-refractivity contribution in [2.45, 2.75) is 6.54 Å². The summed E-state index contributed by atoms with van der Waals surface area (Å²) < 4.78 is 23.8. The van der Waals surface area contributed by atoms with Crippen LogP contribution < -0.4 is 14.8 Å². The monoisotopic (exact) mass is 295 g/mol. The Bertz CT molecular complexity index is 604. The molecule has 0 aliphatic heterocycles. The first-order valence-electron chi connectivity index (χ1n) is 6.04. The smallest absolute Gasteiger partial charge is 0.145 e. The summed E-state index contributed by atoms with van der Waals surface area (Å²) in [6, 6.07) is 10.2. The van der Waals surface area contributed by atoms with E-state index in [0.717, 1.165) is 5.69 Å². The summed E-state index contributed by atoms with van der Waals surface area (Å²) in [4.78, 5) is 0. The largest absolute Gasteiger partial charge is 0.497 e. The number of nitrogens with one attached hydrogen (secondary N) is 1. The minimum Gasteiger partial charge on any atom is -0.497 e. The molecular weight excluding hydrogens is 281 g/mol. The molecule has 5 heteroatoms. The Morgan fingerprint density at radius 1 is 1.15 bits per heavy atom. The molecule has 106 valence electrons. The van der Waals surface area contributed by atoms with E-state index in [1.807, 2.05) is 12.1 Å². The lowest BCUT2D eigenvalue weighted by Gasteiger charge is -2.13. The second-order valence-corrected chi connectivity index (χ2v) is 4.51. The molecule has 2 aromatic carbocycles. The highest BCUT2D eigenvalue weighted by molar-refractivity contribution is 6.31. The van der Waals surface area contributed by atoms with Crippen LogP contribution in [0.25, 0.3) is 0 Å². The van der Waals surface area contributed by atoms with Crippen LogP contribution in [-0.2, 0) is 6.54 Å². The molecule has 0 aliphatic rings. The molecule has 0 aliphatic carbocycles. The van der Waals surface area contributed by atoms with Gasteiger partial charge >= 0.3 is 0 Å². The van der Waals surface area contributed by atoms with Crippen molar-refractivity contribution >= 4 is 17.3 Å². The van der Waals surface area contributed by atoms with Crippen molar-refractivity contribution in [3.8, 4) is 11.5 Å². The Hall–Kier alpha value is -1.94. The Labute approximate surface area is 122 Å². The van der Waals surface area contributed by atoms with Gasteiger partial charge in [0, 0.05) is 12.6 Å². The van der Waals surface area contributed by atoms with Gasteiger partial charge in [0.15, 0.2) is 0 Å². The zero-order chi connectivity index (χ0) is 14.5. The van der Waals surface area contributed by atoms with E-state index in [2.05, 4.69) is 5.32 Å². The van der Waals surface area contributed by atoms with E-state index in [4.69, 9.17) is 21.1 Å². The van der Waals surface area contributed by atoms with Crippen molar-refractivity contribution in [2.24, 2.45) is 0 Å². The maximum Gasteiger partial charge on any atom is 0.145 e. The molecule has 2 rings (SSSR count). The predicted molar refractivity (Wildman–Crippen MR) is 78.3 cm³/mol. The van der Waals surface area contributed by atoms with Gasteiger partial charge in [-0.1, -0.05) is 23.7 Å². The van der Waals surface area contributed by atoms with Crippen LogP contribution in [0.5, 0.6) is 11.5 Å².